The number of fused-ring (bicyclic) bond motifs is 1. The number of nitro groups is 1. The highest BCUT2D eigenvalue weighted by Gasteiger charge is 2.56. The summed E-state index contributed by atoms with van der Waals surface area (Å²) in [6.07, 6.45) is 1.97. The van der Waals surface area contributed by atoms with Crippen LogP contribution in [0.25, 0.3) is 0 Å². The highest BCUT2D eigenvalue weighted by molar-refractivity contribution is 6.01. The Labute approximate surface area is 136 Å². The largest absolute Gasteiger partial charge is 0.481 e. The number of carboxylic acid groups (broad SMARTS) is 1. The molecule has 1 heterocycles. The van der Waals surface area contributed by atoms with Crippen molar-refractivity contribution in [3.05, 3.63) is 33.6 Å². The molecule has 1 aromatic carbocycles. The summed E-state index contributed by atoms with van der Waals surface area (Å²) >= 11 is 0. The SMILES string of the molecule is Nc1c(C(=O)N2C[C@@H]3CCC[C@@]3(C(=O)O)C2)cc(F)cc1[N+](=O)[O-]. The Balaban J connectivity index is 1.94. The molecule has 9 heteroatoms. The Hall–Kier alpha value is -2.71. The van der Waals surface area contributed by atoms with Gasteiger partial charge in [0.2, 0.25) is 0 Å². The highest BCUT2D eigenvalue weighted by atomic mass is 19.1. The molecule has 0 spiro atoms. The van der Waals surface area contributed by atoms with Crippen molar-refractivity contribution in [3.63, 3.8) is 0 Å². The highest BCUT2D eigenvalue weighted by Crippen LogP contribution is 2.49. The third kappa shape index (κ3) is 2.27. The van der Waals surface area contributed by atoms with Gasteiger partial charge in [-0.1, -0.05) is 6.42 Å². The third-order valence-electron chi connectivity index (χ3n) is 5.13. The van der Waals surface area contributed by atoms with E-state index in [0.717, 1.165) is 12.5 Å². The van der Waals surface area contributed by atoms with Gasteiger partial charge < -0.3 is 15.7 Å². The van der Waals surface area contributed by atoms with Crippen LogP contribution < -0.4 is 5.73 Å². The fraction of sp³-hybridized carbons (Fsp3) is 0.467. The zero-order valence-corrected chi connectivity index (χ0v) is 12.7. The second-order valence-electron chi connectivity index (χ2n) is 6.38. The number of carboxylic acids is 1. The van der Waals surface area contributed by atoms with Crippen molar-refractivity contribution in [2.45, 2.75) is 19.3 Å². The number of aliphatic carboxylic acids is 1. The first-order chi connectivity index (χ1) is 11.3. The average Bonchev–Trinajstić information content (AvgIpc) is 3.06. The lowest BCUT2D eigenvalue weighted by Crippen LogP contribution is -2.37. The van der Waals surface area contributed by atoms with Crippen LogP contribution in [0.3, 0.4) is 0 Å². The van der Waals surface area contributed by atoms with E-state index in [1.165, 1.54) is 4.90 Å². The van der Waals surface area contributed by atoms with E-state index in [-0.39, 0.29) is 24.6 Å². The number of rotatable bonds is 3. The van der Waals surface area contributed by atoms with Gasteiger partial charge in [0.25, 0.3) is 11.6 Å². The minimum Gasteiger partial charge on any atom is -0.481 e. The topological polar surface area (TPSA) is 127 Å². The van der Waals surface area contributed by atoms with Crippen LogP contribution in [-0.4, -0.2) is 39.9 Å². The summed E-state index contributed by atoms with van der Waals surface area (Å²) in [6, 6.07) is 1.51. The molecule has 1 aromatic rings. The van der Waals surface area contributed by atoms with Gasteiger partial charge in [-0.2, -0.15) is 0 Å². The molecule has 0 unspecified atom stereocenters. The lowest BCUT2D eigenvalue weighted by atomic mass is 9.81. The molecule has 1 aliphatic heterocycles. The lowest BCUT2D eigenvalue weighted by molar-refractivity contribution is -0.384. The standard InChI is InChI=1S/C15H16FN3O5/c16-9-4-10(12(17)11(5-9)19(23)24)13(20)18-6-8-2-1-3-15(8,7-18)14(21)22/h4-5,8H,1-3,6-7,17H2,(H,21,22)/t8-,15+/m0/s1. The Morgan fingerprint density at radius 2 is 2.17 bits per heavy atom. The number of hydrogen-bond donors (Lipinski definition) is 2. The van der Waals surface area contributed by atoms with Gasteiger partial charge >= 0.3 is 5.97 Å². The Bertz CT molecular complexity index is 753. The molecule has 0 radical (unpaired) electrons. The second kappa shape index (κ2) is 5.43. The number of amides is 1. The molecule has 24 heavy (non-hydrogen) atoms. The molecule has 8 nitrogen and oxygen atoms in total. The molecule has 128 valence electrons. The molecule has 2 fully saturated rings. The quantitative estimate of drug-likeness (QED) is 0.490. The van der Waals surface area contributed by atoms with E-state index in [0.29, 0.717) is 18.9 Å². The molecule has 1 saturated carbocycles. The van der Waals surface area contributed by atoms with Crippen LogP contribution in [0.2, 0.25) is 0 Å². The molecule has 3 N–H and O–H groups in total. The molecule has 0 bridgehead atoms. The summed E-state index contributed by atoms with van der Waals surface area (Å²) in [5.41, 5.74) is 3.29. The molecule has 1 amide bonds. The van der Waals surface area contributed by atoms with Gasteiger partial charge in [0.15, 0.2) is 0 Å². The minimum absolute atomic E-state index is 0.00951. The van der Waals surface area contributed by atoms with Gasteiger partial charge in [-0.05, 0) is 24.8 Å². The summed E-state index contributed by atoms with van der Waals surface area (Å²) in [5.74, 6) is -2.72. The van der Waals surface area contributed by atoms with Gasteiger partial charge in [-0.15, -0.1) is 0 Å². The summed E-state index contributed by atoms with van der Waals surface area (Å²) < 4.78 is 13.6. The smallest absolute Gasteiger partial charge is 0.311 e. The van der Waals surface area contributed by atoms with E-state index in [9.17, 15) is 29.2 Å². The van der Waals surface area contributed by atoms with E-state index in [2.05, 4.69) is 0 Å². The van der Waals surface area contributed by atoms with Gasteiger partial charge in [-0.3, -0.25) is 19.7 Å². The maximum absolute atomic E-state index is 13.6. The van der Waals surface area contributed by atoms with Crippen LogP contribution in [0, 0.1) is 27.3 Å². The number of anilines is 1. The fourth-order valence-electron chi connectivity index (χ4n) is 3.90. The Morgan fingerprint density at radius 1 is 1.46 bits per heavy atom. The van der Waals surface area contributed by atoms with Crippen molar-refractivity contribution in [2.75, 3.05) is 18.8 Å². The van der Waals surface area contributed by atoms with Crippen LogP contribution in [0.5, 0.6) is 0 Å². The maximum atomic E-state index is 13.6. The summed E-state index contributed by atoms with van der Waals surface area (Å²) in [4.78, 5) is 35.7. The van der Waals surface area contributed by atoms with Gasteiger partial charge in [0, 0.05) is 13.1 Å². The molecular formula is C15H16FN3O5. The van der Waals surface area contributed by atoms with Crippen molar-refractivity contribution < 1.29 is 24.0 Å². The number of likely N-dealkylation sites (tertiary alicyclic amines) is 1. The lowest BCUT2D eigenvalue weighted by Gasteiger charge is -2.23. The average molecular weight is 337 g/mol. The maximum Gasteiger partial charge on any atom is 0.311 e. The second-order valence-corrected chi connectivity index (χ2v) is 6.38. The summed E-state index contributed by atoms with van der Waals surface area (Å²) in [7, 11) is 0. The number of hydrogen-bond acceptors (Lipinski definition) is 5. The van der Waals surface area contributed by atoms with E-state index < -0.39 is 39.4 Å². The number of nitrogens with zero attached hydrogens (tertiary/aromatic N) is 2. The van der Waals surface area contributed by atoms with Gasteiger partial charge in [0.1, 0.15) is 11.5 Å². The number of nitrogens with two attached hydrogens (primary N) is 1. The predicted molar refractivity (Wildman–Crippen MR) is 80.8 cm³/mol. The molecule has 2 aliphatic rings. The number of carbonyl (C=O) groups excluding carboxylic acids is 1. The normalized spacial score (nSPS) is 25.5. The first-order valence-corrected chi connectivity index (χ1v) is 7.52. The monoisotopic (exact) mass is 337 g/mol. The van der Waals surface area contributed by atoms with Crippen LogP contribution in [0.4, 0.5) is 15.8 Å². The fourth-order valence-corrected chi connectivity index (χ4v) is 3.90. The van der Waals surface area contributed by atoms with Crippen molar-refractivity contribution in [1.29, 1.82) is 0 Å². The molecule has 1 aliphatic carbocycles. The van der Waals surface area contributed by atoms with Gasteiger partial charge in [-0.25, -0.2) is 4.39 Å². The summed E-state index contributed by atoms with van der Waals surface area (Å²) in [5, 5.41) is 20.5. The van der Waals surface area contributed by atoms with E-state index in [1.54, 1.807) is 0 Å². The number of nitro benzene ring substituents is 1. The van der Waals surface area contributed by atoms with Crippen LogP contribution >= 0.6 is 0 Å². The zero-order valence-electron chi connectivity index (χ0n) is 12.7. The zero-order chi connectivity index (χ0) is 17.6. The Morgan fingerprint density at radius 3 is 2.75 bits per heavy atom. The molecule has 1 saturated heterocycles. The van der Waals surface area contributed by atoms with Crippen molar-refractivity contribution in [1.82, 2.24) is 4.90 Å². The minimum atomic E-state index is -0.982. The number of benzene rings is 1. The van der Waals surface area contributed by atoms with Crippen LogP contribution in [0.15, 0.2) is 12.1 Å². The van der Waals surface area contributed by atoms with Crippen LogP contribution in [-0.2, 0) is 4.79 Å². The molecule has 3 rings (SSSR count). The first kappa shape index (κ1) is 16.2. The number of carbonyl (C=O) groups is 2. The third-order valence-corrected chi connectivity index (χ3v) is 5.13. The van der Waals surface area contributed by atoms with E-state index in [4.69, 9.17) is 5.73 Å². The summed E-state index contributed by atoms with van der Waals surface area (Å²) in [6.45, 7) is 0.241. The Kier molecular flexibility index (Phi) is 3.66. The van der Waals surface area contributed by atoms with Crippen molar-refractivity contribution in [2.24, 2.45) is 11.3 Å². The predicted octanol–water partition coefficient (Wildman–Crippen LogP) is 1.64. The molecule has 0 aromatic heterocycles. The molecule has 2 atom stereocenters. The molecular weight excluding hydrogens is 321 g/mol. The van der Waals surface area contributed by atoms with Crippen LogP contribution in [0.1, 0.15) is 29.6 Å². The van der Waals surface area contributed by atoms with Crippen molar-refractivity contribution >= 4 is 23.3 Å². The van der Waals surface area contributed by atoms with Crippen molar-refractivity contribution in [3.8, 4) is 0 Å². The first-order valence-electron chi connectivity index (χ1n) is 7.52. The van der Waals surface area contributed by atoms with E-state index in [1.807, 2.05) is 0 Å². The number of halogens is 1. The van der Waals surface area contributed by atoms with E-state index >= 15 is 0 Å². The van der Waals surface area contributed by atoms with Gasteiger partial charge in [0.05, 0.1) is 22.0 Å². The number of nitrogen functional groups attached to an aromatic ring is 1.